The molecule has 0 radical (unpaired) electrons. The minimum atomic E-state index is -0.427. The van der Waals surface area contributed by atoms with E-state index >= 15 is 0 Å². The van der Waals surface area contributed by atoms with Crippen LogP contribution in [0.3, 0.4) is 0 Å². The average Bonchev–Trinajstić information content (AvgIpc) is 2.28. The SMILES string of the molecule is COC(=O)C=Cc1ccccc1N=C=N. The number of benzene rings is 1. The van der Waals surface area contributed by atoms with Crippen LogP contribution in [0, 0.1) is 5.41 Å². The van der Waals surface area contributed by atoms with Crippen molar-refractivity contribution >= 4 is 23.7 Å². The summed E-state index contributed by atoms with van der Waals surface area (Å²) in [6, 6.07) is 9.09. The molecule has 0 amide bonds. The highest BCUT2D eigenvalue weighted by atomic mass is 16.5. The van der Waals surface area contributed by atoms with Gasteiger partial charge in [0.25, 0.3) is 0 Å². The van der Waals surface area contributed by atoms with Crippen LogP contribution in [0.25, 0.3) is 6.08 Å². The van der Waals surface area contributed by atoms with Crippen LogP contribution in [-0.2, 0) is 9.53 Å². The molecular formula is C11H10N2O2. The van der Waals surface area contributed by atoms with E-state index in [1.54, 1.807) is 24.3 Å². The number of ether oxygens (including phenoxy) is 1. The minimum absolute atomic E-state index is 0.427. The van der Waals surface area contributed by atoms with Gasteiger partial charge < -0.3 is 4.74 Å². The van der Waals surface area contributed by atoms with E-state index in [1.165, 1.54) is 13.2 Å². The van der Waals surface area contributed by atoms with Crippen molar-refractivity contribution in [1.82, 2.24) is 0 Å². The third-order valence-electron chi connectivity index (χ3n) is 1.71. The van der Waals surface area contributed by atoms with Gasteiger partial charge in [-0.15, -0.1) is 0 Å². The summed E-state index contributed by atoms with van der Waals surface area (Å²) in [5, 5.41) is 6.76. The summed E-state index contributed by atoms with van der Waals surface area (Å²) in [5.41, 5.74) is 1.33. The van der Waals surface area contributed by atoms with E-state index in [0.717, 1.165) is 5.56 Å². The molecule has 4 nitrogen and oxygen atoms in total. The molecular weight excluding hydrogens is 192 g/mol. The smallest absolute Gasteiger partial charge is 0.330 e. The Kier molecular flexibility index (Phi) is 4.01. The molecule has 0 aliphatic heterocycles. The fourth-order valence-electron chi connectivity index (χ4n) is 1.02. The Balaban J connectivity index is 2.98. The summed E-state index contributed by atoms with van der Waals surface area (Å²) in [4.78, 5) is 14.6. The molecule has 0 heterocycles. The molecule has 15 heavy (non-hydrogen) atoms. The lowest BCUT2D eigenvalue weighted by atomic mass is 10.1. The predicted octanol–water partition coefficient (Wildman–Crippen LogP) is 2.26. The second kappa shape index (κ2) is 5.52. The molecule has 0 saturated carbocycles. The zero-order valence-electron chi connectivity index (χ0n) is 8.23. The van der Waals surface area contributed by atoms with Crippen LogP contribution >= 0.6 is 0 Å². The highest BCUT2D eigenvalue weighted by molar-refractivity contribution is 5.88. The molecule has 1 aromatic rings. The van der Waals surface area contributed by atoms with E-state index in [2.05, 4.69) is 9.73 Å². The Morgan fingerprint density at radius 3 is 2.93 bits per heavy atom. The van der Waals surface area contributed by atoms with Gasteiger partial charge in [0.1, 0.15) is 0 Å². The second-order valence-electron chi connectivity index (χ2n) is 2.64. The normalized spacial score (nSPS) is 9.67. The fraction of sp³-hybridized carbons (Fsp3) is 0.0909. The molecule has 4 heteroatoms. The van der Waals surface area contributed by atoms with Crippen molar-refractivity contribution in [3.8, 4) is 0 Å². The molecule has 0 saturated heterocycles. The Morgan fingerprint density at radius 2 is 2.27 bits per heavy atom. The number of para-hydroxylation sites is 1. The number of nitrogens with zero attached hydrogens (tertiary/aromatic N) is 1. The van der Waals surface area contributed by atoms with Crippen LogP contribution in [0.4, 0.5) is 5.69 Å². The summed E-state index contributed by atoms with van der Waals surface area (Å²) in [7, 11) is 1.31. The van der Waals surface area contributed by atoms with Gasteiger partial charge in [-0.1, -0.05) is 18.2 Å². The van der Waals surface area contributed by atoms with Crippen molar-refractivity contribution in [2.75, 3.05) is 7.11 Å². The second-order valence-corrected chi connectivity index (χ2v) is 2.64. The molecule has 76 valence electrons. The average molecular weight is 202 g/mol. The van der Waals surface area contributed by atoms with Crippen molar-refractivity contribution in [2.24, 2.45) is 4.99 Å². The van der Waals surface area contributed by atoms with Crippen LogP contribution in [0.2, 0.25) is 0 Å². The number of methoxy groups -OCH3 is 1. The molecule has 1 rings (SSSR count). The summed E-state index contributed by atoms with van der Waals surface area (Å²) in [5.74, 6) is -0.427. The number of rotatable bonds is 3. The molecule has 1 aromatic carbocycles. The Hall–Kier alpha value is -2.19. The lowest BCUT2D eigenvalue weighted by molar-refractivity contribution is -0.134. The molecule has 0 aliphatic rings. The third kappa shape index (κ3) is 3.21. The molecule has 0 bridgehead atoms. The number of hydrogen-bond donors (Lipinski definition) is 1. The summed E-state index contributed by atoms with van der Waals surface area (Å²) >= 11 is 0. The molecule has 0 fully saturated rings. The van der Waals surface area contributed by atoms with Crippen molar-refractivity contribution < 1.29 is 9.53 Å². The number of nitrogens with one attached hydrogen (secondary N) is 1. The van der Waals surface area contributed by atoms with Gasteiger partial charge >= 0.3 is 5.97 Å². The molecule has 0 aliphatic carbocycles. The largest absolute Gasteiger partial charge is 0.466 e. The highest BCUT2D eigenvalue weighted by Gasteiger charge is 1.97. The maximum atomic E-state index is 10.9. The zero-order valence-corrected chi connectivity index (χ0v) is 8.23. The fourth-order valence-corrected chi connectivity index (χ4v) is 1.02. The van der Waals surface area contributed by atoms with E-state index in [9.17, 15) is 4.79 Å². The number of carbonyl (C=O) groups is 1. The predicted molar refractivity (Wildman–Crippen MR) is 57.3 cm³/mol. The first-order valence-corrected chi connectivity index (χ1v) is 4.25. The van der Waals surface area contributed by atoms with Crippen molar-refractivity contribution in [1.29, 1.82) is 5.41 Å². The number of aliphatic imine (C=N–C) groups is 1. The van der Waals surface area contributed by atoms with Gasteiger partial charge in [0.2, 0.25) is 0 Å². The lowest BCUT2D eigenvalue weighted by Gasteiger charge is -1.97. The van der Waals surface area contributed by atoms with Gasteiger partial charge in [-0.05, 0) is 12.1 Å². The van der Waals surface area contributed by atoms with Gasteiger partial charge in [0.15, 0.2) is 0 Å². The Labute approximate surface area is 87.4 Å². The topological polar surface area (TPSA) is 62.5 Å². The van der Waals surface area contributed by atoms with Crippen LogP contribution in [0.15, 0.2) is 35.3 Å². The molecule has 1 N–H and O–H groups in total. The summed E-state index contributed by atoms with van der Waals surface area (Å²) in [6.45, 7) is 0. The standard InChI is InChI=1S/C11H10N2O2/c1-15-11(14)7-6-9-4-2-3-5-10(9)13-8-12/h2-7,12H,1H3. The Bertz CT molecular complexity index is 432. The van der Waals surface area contributed by atoms with Gasteiger partial charge in [-0.2, -0.15) is 4.99 Å². The maximum absolute atomic E-state index is 10.9. The van der Waals surface area contributed by atoms with Crippen LogP contribution in [0.5, 0.6) is 0 Å². The van der Waals surface area contributed by atoms with Gasteiger partial charge in [-0.25, -0.2) is 10.2 Å². The monoisotopic (exact) mass is 202 g/mol. The van der Waals surface area contributed by atoms with Gasteiger partial charge in [-0.3, -0.25) is 0 Å². The van der Waals surface area contributed by atoms with Crippen LogP contribution in [-0.4, -0.2) is 19.1 Å². The molecule has 0 aromatic heterocycles. The van der Waals surface area contributed by atoms with Crippen LogP contribution in [0.1, 0.15) is 5.56 Å². The highest BCUT2D eigenvalue weighted by Crippen LogP contribution is 2.19. The van der Waals surface area contributed by atoms with Gasteiger partial charge in [0.05, 0.1) is 18.8 Å². The van der Waals surface area contributed by atoms with Crippen molar-refractivity contribution in [2.45, 2.75) is 0 Å². The van der Waals surface area contributed by atoms with E-state index in [-0.39, 0.29) is 0 Å². The quantitative estimate of drug-likeness (QED) is 0.464. The van der Waals surface area contributed by atoms with Crippen molar-refractivity contribution in [3.63, 3.8) is 0 Å². The first-order valence-electron chi connectivity index (χ1n) is 4.25. The number of carbonyl (C=O) groups excluding carboxylic acids is 1. The summed E-state index contributed by atoms with van der Waals surface area (Å²) in [6.07, 6.45) is 2.89. The Morgan fingerprint density at radius 1 is 1.53 bits per heavy atom. The third-order valence-corrected chi connectivity index (χ3v) is 1.71. The molecule has 0 spiro atoms. The lowest BCUT2D eigenvalue weighted by Crippen LogP contribution is -1.93. The minimum Gasteiger partial charge on any atom is -0.466 e. The van der Waals surface area contributed by atoms with Gasteiger partial charge in [0, 0.05) is 11.6 Å². The number of hydrogen-bond acceptors (Lipinski definition) is 4. The van der Waals surface area contributed by atoms with Crippen LogP contribution < -0.4 is 0 Å². The maximum Gasteiger partial charge on any atom is 0.330 e. The first-order chi connectivity index (χ1) is 7.27. The number of esters is 1. The molecule has 0 unspecified atom stereocenters. The molecule has 0 atom stereocenters. The van der Waals surface area contributed by atoms with Crippen molar-refractivity contribution in [3.05, 3.63) is 35.9 Å². The van der Waals surface area contributed by atoms with E-state index in [1.807, 2.05) is 12.1 Å². The zero-order chi connectivity index (χ0) is 11.1. The first kappa shape index (κ1) is 10.9. The van der Waals surface area contributed by atoms with E-state index < -0.39 is 5.97 Å². The van der Waals surface area contributed by atoms with E-state index in [4.69, 9.17) is 5.41 Å². The van der Waals surface area contributed by atoms with E-state index in [0.29, 0.717) is 5.69 Å². The summed E-state index contributed by atoms with van der Waals surface area (Å²) < 4.78 is 4.46.